The molecular weight excluding hydrogens is 336 g/mol. The lowest BCUT2D eigenvalue weighted by molar-refractivity contribution is -0.123. The van der Waals surface area contributed by atoms with Gasteiger partial charge in [0.25, 0.3) is 0 Å². The van der Waals surface area contributed by atoms with E-state index in [-0.39, 0.29) is 30.2 Å². The van der Waals surface area contributed by atoms with E-state index in [2.05, 4.69) is 16.7 Å². The Balaban J connectivity index is 1.84. The topological polar surface area (TPSA) is 85.2 Å². The van der Waals surface area contributed by atoms with E-state index >= 15 is 0 Å². The highest BCUT2D eigenvalue weighted by Gasteiger charge is 2.23. The Morgan fingerprint density at radius 1 is 1.32 bits per heavy atom. The Hall–Kier alpha value is -2.04. The zero-order valence-electron chi connectivity index (χ0n) is 14.6. The van der Waals surface area contributed by atoms with Crippen LogP contribution in [-0.4, -0.2) is 48.1 Å². The van der Waals surface area contributed by atoms with Crippen molar-refractivity contribution in [3.63, 3.8) is 0 Å². The van der Waals surface area contributed by atoms with Gasteiger partial charge in [-0.25, -0.2) is 0 Å². The Labute approximate surface area is 153 Å². The fourth-order valence-electron chi connectivity index (χ4n) is 2.30. The van der Waals surface area contributed by atoms with Crippen molar-refractivity contribution in [2.45, 2.75) is 42.4 Å². The maximum atomic E-state index is 12.3. The van der Waals surface area contributed by atoms with Crippen LogP contribution in [0.3, 0.4) is 0 Å². The van der Waals surface area contributed by atoms with Crippen LogP contribution in [0.2, 0.25) is 0 Å². The number of anilines is 1. The van der Waals surface area contributed by atoms with Crippen LogP contribution < -0.4 is 10.6 Å². The molecule has 2 amide bonds. The minimum atomic E-state index is -0.164. The second-order valence-corrected chi connectivity index (χ2v) is 7.83. The monoisotopic (exact) mass is 360 g/mol. The molecule has 1 fully saturated rings. The van der Waals surface area contributed by atoms with Crippen molar-refractivity contribution >= 4 is 29.3 Å². The summed E-state index contributed by atoms with van der Waals surface area (Å²) >= 11 is 1.57. The lowest BCUT2D eigenvalue weighted by Crippen LogP contribution is -2.39. The van der Waals surface area contributed by atoms with Gasteiger partial charge in [-0.2, -0.15) is 5.26 Å². The molecule has 2 N–H and O–H groups in total. The van der Waals surface area contributed by atoms with Crippen LogP contribution in [0.4, 0.5) is 5.69 Å². The summed E-state index contributed by atoms with van der Waals surface area (Å²) in [6.45, 7) is 2.34. The van der Waals surface area contributed by atoms with Gasteiger partial charge in [0.1, 0.15) is 0 Å². The fourth-order valence-corrected chi connectivity index (χ4v) is 3.29. The summed E-state index contributed by atoms with van der Waals surface area (Å²) < 4.78 is 0. The summed E-state index contributed by atoms with van der Waals surface area (Å²) in [5.74, 6) is -0.207. The molecule has 1 atom stereocenters. The number of hydrogen-bond donors (Lipinski definition) is 2. The smallest absolute Gasteiger partial charge is 0.238 e. The summed E-state index contributed by atoms with van der Waals surface area (Å²) in [4.78, 5) is 26.7. The third-order valence-electron chi connectivity index (χ3n) is 3.64. The minimum absolute atomic E-state index is 0.0425. The van der Waals surface area contributed by atoms with Crippen molar-refractivity contribution < 1.29 is 9.59 Å². The number of thioether (sulfide) groups is 1. The largest absolute Gasteiger partial charge is 0.352 e. The highest BCUT2D eigenvalue weighted by molar-refractivity contribution is 8.00. The summed E-state index contributed by atoms with van der Waals surface area (Å²) in [6, 6.07) is 10.0. The van der Waals surface area contributed by atoms with E-state index in [0.717, 1.165) is 23.4 Å². The number of carbonyl (C=O) groups excluding carboxylic acids is 2. The molecule has 134 valence electrons. The number of carbonyl (C=O) groups is 2. The first-order valence-electron chi connectivity index (χ1n) is 8.38. The third-order valence-corrected chi connectivity index (χ3v) is 4.82. The van der Waals surface area contributed by atoms with Crippen LogP contribution in [0.15, 0.2) is 29.2 Å². The van der Waals surface area contributed by atoms with Gasteiger partial charge in [0.05, 0.1) is 24.8 Å². The maximum absolute atomic E-state index is 12.3. The molecule has 1 aliphatic rings. The molecule has 2 rings (SSSR count). The SMILES string of the molecule is CC(CC#N)Sc1ccccc1NC(=O)CN(C)CC(=O)NC1CC1. The van der Waals surface area contributed by atoms with E-state index < -0.39 is 0 Å². The Bertz CT molecular complexity index is 655. The number of hydrogen-bond acceptors (Lipinski definition) is 5. The minimum Gasteiger partial charge on any atom is -0.352 e. The number of nitrogens with zero attached hydrogens (tertiary/aromatic N) is 2. The molecule has 6 nitrogen and oxygen atoms in total. The number of nitrogens with one attached hydrogen (secondary N) is 2. The summed E-state index contributed by atoms with van der Waals surface area (Å²) in [5.41, 5.74) is 0.734. The van der Waals surface area contributed by atoms with E-state index in [1.54, 1.807) is 23.7 Å². The van der Waals surface area contributed by atoms with Crippen LogP contribution in [0.1, 0.15) is 26.2 Å². The zero-order chi connectivity index (χ0) is 18.2. The van der Waals surface area contributed by atoms with E-state index in [9.17, 15) is 9.59 Å². The van der Waals surface area contributed by atoms with E-state index in [1.165, 1.54) is 0 Å². The van der Waals surface area contributed by atoms with Gasteiger partial charge >= 0.3 is 0 Å². The van der Waals surface area contributed by atoms with E-state index in [0.29, 0.717) is 12.5 Å². The van der Waals surface area contributed by atoms with Gasteiger partial charge in [0.15, 0.2) is 0 Å². The summed E-state index contributed by atoms with van der Waals surface area (Å²) in [7, 11) is 1.75. The molecule has 1 unspecified atom stereocenters. The predicted molar refractivity (Wildman–Crippen MR) is 99.3 cm³/mol. The summed E-state index contributed by atoms with van der Waals surface area (Å²) in [5, 5.41) is 14.7. The highest BCUT2D eigenvalue weighted by Crippen LogP contribution is 2.31. The molecule has 1 aromatic rings. The van der Waals surface area contributed by atoms with Crippen molar-refractivity contribution in [3.8, 4) is 6.07 Å². The van der Waals surface area contributed by atoms with Gasteiger partial charge in [-0.05, 0) is 32.0 Å². The molecule has 0 saturated heterocycles. The van der Waals surface area contributed by atoms with Crippen LogP contribution in [0.25, 0.3) is 0 Å². The molecule has 0 bridgehead atoms. The normalized spacial score (nSPS) is 14.6. The van der Waals surface area contributed by atoms with Crippen molar-refractivity contribution in [2.24, 2.45) is 0 Å². The standard InChI is InChI=1S/C18H24N4O2S/c1-13(9-10-19)25-16-6-4-3-5-15(16)21-18(24)12-22(2)11-17(23)20-14-7-8-14/h3-6,13-14H,7-9,11-12H2,1-2H3,(H,20,23)(H,21,24). The Morgan fingerprint density at radius 3 is 2.68 bits per heavy atom. The molecule has 7 heteroatoms. The Kier molecular flexibility index (Phi) is 7.29. The van der Waals surface area contributed by atoms with Crippen molar-refractivity contribution in [2.75, 3.05) is 25.5 Å². The van der Waals surface area contributed by atoms with Crippen molar-refractivity contribution in [1.29, 1.82) is 5.26 Å². The van der Waals surface area contributed by atoms with E-state index in [1.807, 2.05) is 31.2 Å². The second-order valence-electron chi connectivity index (χ2n) is 6.35. The third kappa shape index (κ3) is 7.16. The molecule has 0 heterocycles. The second kappa shape index (κ2) is 9.44. The molecule has 0 aliphatic heterocycles. The van der Waals surface area contributed by atoms with Gasteiger partial charge < -0.3 is 10.6 Å². The average Bonchev–Trinajstić information content (AvgIpc) is 3.32. The zero-order valence-corrected chi connectivity index (χ0v) is 15.4. The quantitative estimate of drug-likeness (QED) is 0.660. The van der Waals surface area contributed by atoms with Crippen molar-refractivity contribution in [1.82, 2.24) is 10.2 Å². The van der Waals surface area contributed by atoms with Gasteiger partial charge in [0.2, 0.25) is 11.8 Å². The predicted octanol–water partition coefficient (Wildman–Crippen LogP) is 2.23. The van der Waals surface area contributed by atoms with Crippen LogP contribution in [0, 0.1) is 11.3 Å². The maximum Gasteiger partial charge on any atom is 0.238 e. The van der Waals surface area contributed by atoms with Crippen LogP contribution in [0.5, 0.6) is 0 Å². The molecule has 25 heavy (non-hydrogen) atoms. The molecule has 1 saturated carbocycles. The number of benzene rings is 1. The first-order valence-corrected chi connectivity index (χ1v) is 9.26. The van der Waals surface area contributed by atoms with Crippen molar-refractivity contribution in [3.05, 3.63) is 24.3 Å². The average molecular weight is 360 g/mol. The van der Waals surface area contributed by atoms with E-state index in [4.69, 9.17) is 5.26 Å². The fraction of sp³-hybridized carbons (Fsp3) is 0.500. The van der Waals surface area contributed by atoms with Gasteiger partial charge in [0, 0.05) is 22.6 Å². The lowest BCUT2D eigenvalue weighted by Gasteiger charge is -2.17. The molecule has 0 aromatic heterocycles. The molecule has 0 spiro atoms. The first kappa shape index (κ1) is 19.3. The van der Waals surface area contributed by atoms with Crippen LogP contribution >= 0.6 is 11.8 Å². The van der Waals surface area contributed by atoms with Gasteiger partial charge in [-0.15, -0.1) is 11.8 Å². The van der Waals surface area contributed by atoms with Gasteiger partial charge in [-0.3, -0.25) is 14.5 Å². The van der Waals surface area contributed by atoms with Gasteiger partial charge in [-0.1, -0.05) is 19.1 Å². The summed E-state index contributed by atoms with van der Waals surface area (Å²) in [6.07, 6.45) is 2.55. The van der Waals surface area contributed by atoms with Crippen LogP contribution in [-0.2, 0) is 9.59 Å². The lowest BCUT2D eigenvalue weighted by atomic mass is 10.3. The number of likely N-dealkylation sites (N-methyl/N-ethyl adjacent to an activating group) is 1. The number of nitriles is 1. The number of para-hydroxylation sites is 1. The highest BCUT2D eigenvalue weighted by atomic mass is 32.2. The molecule has 1 aromatic carbocycles. The Morgan fingerprint density at radius 2 is 2.00 bits per heavy atom. The first-order chi connectivity index (χ1) is 12.0. The number of amides is 2. The number of rotatable bonds is 9. The molecular formula is C18H24N4O2S. The molecule has 0 radical (unpaired) electrons. The molecule has 1 aliphatic carbocycles.